The molecule has 0 saturated heterocycles. The van der Waals surface area contributed by atoms with Crippen LogP contribution >= 0.6 is 15.9 Å². The van der Waals surface area contributed by atoms with Crippen LogP contribution < -0.4 is 10.1 Å². The molecule has 0 atom stereocenters. The number of carbonyl (C=O) groups excluding carboxylic acids is 1. The molecule has 1 amide bonds. The monoisotopic (exact) mass is 347 g/mol. The van der Waals surface area contributed by atoms with Crippen molar-refractivity contribution in [3.8, 4) is 5.75 Å². The number of carbonyl (C=O) groups is 1. The van der Waals surface area contributed by atoms with Gasteiger partial charge in [-0.2, -0.15) is 0 Å². The Balaban J connectivity index is 2.04. The summed E-state index contributed by atoms with van der Waals surface area (Å²) in [4.78, 5) is 12.2. The molecule has 0 fully saturated rings. The highest BCUT2D eigenvalue weighted by Crippen LogP contribution is 2.21. The molecule has 0 aromatic heterocycles. The third-order valence-corrected chi connectivity index (χ3v) is 4.15. The van der Waals surface area contributed by atoms with Crippen LogP contribution in [0, 0.1) is 6.92 Å². The first-order valence-corrected chi connectivity index (χ1v) is 7.66. The first-order valence-electron chi connectivity index (χ1n) is 6.87. The van der Waals surface area contributed by atoms with E-state index in [1.807, 2.05) is 56.3 Å². The van der Waals surface area contributed by atoms with Crippen molar-refractivity contribution in [1.29, 1.82) is 0 Å². The molecule has 2 aromatic rings. The largest absolute Gasteiger partial charge is 0.494 e. The van der Waals surface area contributed by atoms with E-state index < -0.39 is 0 Å². The number of halogens is 1. The van der Waals surface area contributed by atoms with E-state index in [-0.39, 0.29) is 5.91 Å². The maximum atomic E-state index is 12.2. The van der Waals surface area contributed by atoms with Crippen LogP contribution in [0.15, 0.2) is 46.9 Å². The summed E-state index contributed by atoms with van der Waals surface area (Å²) in [7, 11) is 0. The minimum absolute atomic E-state index is 0.0904. The van der Waals surface area contributed by atoms with Gasteiger partial charge in [-0.1, -0.05) is 24.3 Å². The first-order chi connectivity index (χ1) is 10.1. The zero-order chi connectivity index (χ0) is 15.2. The number of hydrogen-bond acceptors (Lipinski definition) is 2. The van der Waals surface area contributed by atoms with Gasteiger partial charge in [0, 0.05) is 11.0 Å². The second-order valence-corrected chi connectivity index (χ2v) is 5.49. The molecule has 0 saturated carbocycles. The zero-order valence-corrected chi connectivity index (χ0v) is 13.7. The summed E-state index contributed by atoms with van der Waals surface area (Å²) in [5.74, 6) is 0.730. The summed E-state index contributed by atoms with van der Waals surface area (Å²) in [5.41, 5.74) is 2.70. The molecular weight excluding hydrogens is 330 g/mol. The minimum Gasteiger partial charge on any atom is -0.494 e. The predicted molar refractivity (Wildman–Crippen MR) is 87.7 cm³/mol. The van der Waals surface area contributed by atoms with Crippen LogP contribution in [0.5, 0.6) is 5.75 Å². The van der Waals surface area contributed by atoms with Crippen molar-refractivity contribution < 1.29 is 9.53 Å². The molecule has 0 bridgehead atoms. The van der Waals surface area contributed by atoms with Crippen LogP contribution in [0.25, 0.3) is 0 Å². The van der Waals surface area contributed by atoms with Crippen molar-refractivity contribution in [2.75, 3.05) is 6.61 Å². The molecule has 0 aliphatic rings. The number of amides is 1. The number of hydrogen-bond donors (Lipinski definition) is 1. The lowest BCUT2D eigenvalue weighted by atomic mass is 10.1. The fourth-order valence-corrected chi connectivity index (χ4v) is 2.46. The third kappa shape index (κ3) is 4.08. The molecule has 110 valence electrons. The molecule has 0 heterocycles. The first kappa shape index (κ1) is 15.6. The van der Waals surface area contributed by atoms with E-state index >= 15 is 0 Å². The SMILES string of the molecule is CCOc1cccc(CNC(=O)c2cccc(C)c2Br)c1. The summed E-state index contributed by atoms with van der Waals surface area (Å²) < 4.78 is 6.29. The van der Waals surface area contributed by atoms with E-state index in [4.69, 9.17) is 4.74 Å². The quantitative estimate of drug-likeness (QED) is 0.884. The topological polar surface area (TPSA) is 38.3 Å². The maximum absolute atomic E-state index is 12.2. The van der Waals surface area contributed by atoms with Crippen LogP contribution in [0.3, 0.4) is 0 Å². The standard InChI is InChI=1S/C17H18BrNO2/c1-3-21-14-8-5-7-13(10-14)11-19-17(20)15-9-4-6-12(2)16(15)18/h4-10H,3,11H2,1-2H3,(H,19,20). The van der Waals surface area contributed by atoms with Gasteiger partial charge in [0.05, 0.1) is 12.2 Å². The maximum Gasteiger partial charge on any atom is 0.252 e. The minimum atomic E-state index is -0.0904. The number of aryl methyl sites for hydroxylation is 1. The van der Waals surface area contributed by atoms with Crippen molar-refractivity contribution >= 4 is 21.8 Å². The van der Waals surface area contributed by atoms with Gasteiger partial charge in [-0.3, -0.25) is 4.79 Å². The van der Waals surface area contributed by atoms with Crippen molar-refractivity contribution in [2.45, 2.75) is 20.4 Å². The molecule has 4 heteroatoms. The summed E-state index contributed by atoms with van der Waals surface area (Å²) in [6, 6.07) is 13.4. The van der Waals surface area contributed by atoms with Crippen LogP contribution in [0.1, 0.15) is 28.4 Å². The van der Waals surface area contributed by atoms with Gasteiger partial charge in [-0.15, -0.1) is 0 Å². The molecule has 2 rings (SSSR count). The second-order valence-electron chi connectivity index (χ2n) is 4.70. The average molecular weight is 348 g/mol. The van der Waals surface area contributed by atoms with Crippen LogP contribution in [-0.4, -0.2) is 12.5 Å². The smallest absolute Gasteiger partial charge is 0.252 e. The van der Waals surface area contributed by atoms with E-state index in [1.165, 1.54) is 0 Å². The third-order valence-electron chi connectivity index (χ3n) is 3.10. The Bertz CT molecular complexity index is 640. The van der Waals surface area contributed by atoms with Crippen LogP contribution in [0.4, 0.5) is 0 Å². The van der Waals surface area contributed by atoms with Gasteiger partial charge in [-0.05, 0) is 59.1 Å². The Morgan fingerprint density at radius 1 is 1.24 bits per heavy atom. The van der Waals surface area contributed by atoms with Gasteiger partial charge >= 0.3 is 0 Å². The predicted octanol–water partition coefficient (Wildman–Crippen LogP) is 4.09. The Labute approximate surface area is 133 Å². The number of nitrogens with one attached hydrogen (secondary N) is 1. The zero-order valence-electron chi connectivity index (χ0n) is 12.2. The Hall–Kier alpha value is -1.81. The number of benzene rings is 2. The normalized spacial score (nSPS) is 10.2. The lowest BCUT2D eigenvalue weighted by molar-refractivity contribution is 0.0950. The van der Waals surface area contributed by atoms with Crippen LogP contribution in [-0.2, 0) is 6.54 Å². The molecule has 0 radical (unpaired) electrons. The molecule has 0 aliphatic heterocycles. The Morgan fingerprint density at radius 2 is 2.00 bits per heavy atom. The van der Waals surface area contributed by atoms with E-state index in [1.54, 1.807) is 0 Å². The second kappa shape index (κ2) is 7.27. The summed E-state index contributed by atoms with van der Waals surface area (Å²) in [6.07, 6.45) is 0. The van der Waals surface area contributed by atoms with Crippen molar-refractivity contribution in [3.05, 3.63) is 63.6 Å². The summed E-state index contributed by atoms with van der Waals surface area (Å²) >= 11 is 3.46. The molecule has 21 heavy (non-hydrogen) atoms. The van der Waals surface area contributed by atoms with Crippen molar-refractivity contribution in [3.63, 3.8) is 0 Å². The van der Waals surface area contributed by atoms with Crippen LogP contribution in [0.2, 0.25) is 0 Å². The van der Waals surface area contributed by atoms with E-state index in [0.29, 0.717) is 18.7 Å². The van der Waals surface area contributed by atoms with Gasteiger partial charge in [0.15, 0.2) is 0 Å². The highest BCUT2D eigenvalue weighted by Gasteiger charge is 2.10. The van der Waals surface area contributed by atoms with Gasteiger partial charge in [-0.25, -0.2) is 0 Å². The van der Waals surface area contributed by atoms with Gasteiger partial charge in [0.2, 0.25) is 0 Å². The van der Waals surface area contributed by atoms with Crippen molar-refractivity contribution in [2.24, 2.45) is 0 Å². The number of rotatable bonds is 5. The highest BCUT2D eigenvalue weighted by molar-refractivity contribution is 9.10. The fourth-order valence-electron chi connectivity index (χ4n) is 2.01. The number of ether oxygens (including phenoxy) is 1. The average Bonchev–Trinajstić information content (AvgIpc) is 2.48. The van der Waals surface area contributed by atoms with E-state index in [0.717, 1.165) is 21.3 Å². The van der Waals surface area contributed by atoms with E-state index in [9.17, 15) is 4.79 Å². The van der Waals surface area contributed by atoms with Crippen molar-refractivity contribution in [1.82, 2.24) is 5.32 Å². The molecule has 0 aliphatic carbocycles. The Morgan fingerprint density at radius 3 is 2.76 bits per heavy atom. The van der Waals surface area contributed by atoms with Gasteiger partial charge in [0.25, 0.3) is 5.91 Å². The molecule has 1 N–H and O–H groups in total. The lowest BCUT2D eigenvalue weighted by Crippen LogP contribution is -2.23. The highest BCUT2D eigenvalue weighted by atomic mass is 79.9. The molecule has 0 unspecified atom stereocenters. The molecule has 3 nitrogen and oxygen atoms in total. The fraction of sp³-hybridized carbons (Fsp3) is 0.235. The summed E-state index contributed by atoms with van der Waals surface area (Å²) in [5, 5.41) is 2.93. The molecular formula is C17H18BrNO2. The summed E-state index contributed by atoms with van der Waals surface area (Å²) in [6.45, 7) is 5.02. The lowest BCUT2D eigenvalue weighted by Gasteiger charge is -2.10. The van der Waals surface area contributed by atoms with Gasteiger partial charge < -0.3 is 10.1 Å². The Kier molecular flexibility index (Phi) is 5.39. The molecule has 2 aromatic carbocycles. The van der Waals surface area contributed by atoms with E-state index in [2.05, 4.69) is 21.2 Å². The molecule has 0 spiro atoms. The van der Waals surface area contributed by atoms with Gasteiger partial charge in [0.1, 0.15) is 5.75 Å².